The fraction of sp³-hybridized carbons (Fsp3) is 0.833. The molecule has 0 aromatic carbocycles. The molecular weight excluding hydrogens is 230 g/mol. The highest BCUT2D eigenvalue weighted by molar-refractivity contribution is 5.81. The maximum absolute atomic E-state index is 4.28. The average molecular weight is 261 g/mol. The molecule has 2 aliphatic carbocycles. The summed E-state index contributed by atoms with van der Waals surface area (Å²) in [4.78, 5) is 4.21. The van der Waals surface area contributed by atoms with Crippen molar-refractivity contribution in [3.05, 3.63) is 12.2 Å². The molecule has 1 nitrogen and oxygen atoms in total. The van der Waals surface area contributed by atoms with Crippen molar-refractivity contribution in [3.8, 4) is 0 Å². The number of unbranched alkanes of at least 4 members (excludes halogenated alkanes) is 1. The summed E-state index contributed by atoms with van der Waals surface area (Å²) in [5, 5.41) is 0. The van der Waals surface area contributed by atoms with E-state index >= 15 is 0 Å². The van der Waals surface area contributed by atoms with Gasteiger partial charge in [0, 0.05) is 12.8 Å². The lowest BCUT2D eigenvalue weighted by atomic mass is 9.85. The Morgan fingerprint density at radius 1 is 1.05 bits per heavy atom. The molecule has 0 radical (unpaired) electrons. The Balaban J connectivity index is 1.49. The van der Waals surface area contributed by atoms with Crippen LogP contribution in [0.2, 0.25) is 0 Å². The first-order valence-electron chi connectivity index (χ1n) is 8.28. The molecular formula is C18H31N. The topological polar surface area (TPSA) is 12.4 Å². The molecule has 2 saturated carbocycles. The van der Waals surface area contributed by atoms with Gasteiger partial charge in [-0.2, -0.15) is 0 Å². The van der Waals surface area contributed by atoms with Crippen molar-refractivity contribution in [2.45, 2.75) is 71.1 Å². The molecule has 2 rings (SSSR count). The second-order valence-corrected chi connectivity index (χ2v) is 6.89. The third-order valence-corrected chi connectivity index (χ3v) is 5.26. The minimum Gasteiger partial charge on any atom is -0.298 e. The van der Waals surface area contributed by atoms with Gasteiger partial charge in [0.05, 0.1) is 0 Å². The molecule has 2 aliphatic rings. The van der Waals surface area contributed by atoms with Crippen LogP contribution in [0.1, 0.15) is 71.1 Å². The molecule has 1 heteroatoms. The van der Waals surface area contributed by atoms with Gasteiger partial charge in [0.15, 0.2) is 0 Å². The van der Waals surface area contributed by atoms with Gasteiger partial charge in [-0.1, -0.05) is 18.6 Å². The Kier molecular flexibility index (Phi) is 5.66. The number of hydrogen-bond acceptors (Lipinski definition) is 1. The summed E-state index contributed by atoms with van der Waals surface area (Å²) >= 11 is 0. The van der Waals surface area contributed by atoms with Crippen LogP contribution < -0.4 is 0 Å². The second kappa shape index (κ2) is 7.26. The van der Waals surface area contributed by atoms with E-state index in [4.69, 9.17) is 0 Å². The summed E-state index contributed by atoms with van der Waals surface area (Å²) in [6, 6.07) is 0. The van der Waals surface area contributed by atoms with Crippen LogP contribution in [-0.2, 0) is 0 Å². The van der Waals surface area contributed by atoms with Crippen molar-refractivity contribution < 1.29 is 0 Å². The molecule has 0 bridgehead atoms. The zero-order valence-electron chi connectivity index (χ0n) is 13.0. The lowest BCUT2D eigenvalue weighted by molar-refractivity contribution is 0.324. The van der Waals surface area contributed by atoms with Crippen molar-refractivity contribution in [1.29, 1.82) is 0 Å². The molecule has 0 amide bonds. The van der Waals surface area contributed by atoms with Gasteiger partial charge >= 0.3 is 0 Å². The van der Waals surface area contributed by atoms with Crippen LogP contribution in [0.3, 0.4) is 0 Å². The predicted octanol–water partition coefficient (Wildman–Crippen LogP) is 5.41. The first kappa shape index (κ1) is 14.8. The Morgan fingerprint density at radius 2 is 1.84 bits per heavy atom. The summed E-state index contributed by atoms with van der Waals surface area (Å²) < 4.78 is 0. The SMILES string of the molecule is C=C(CCCCC(C)=NC)CCC1CCC2CC2C1. The van der Waals surface area contributed by atoms with E-state index in [1.165, 1.54) is 62.7 Å². The molecule has 0 spiro atoms. The third kappa shape index (κ3) is 5.12. The van der Waals surface area contributed by atoms with E-state index in [0.717, 1.165) is 24.2 Å². The van der Waals surface area contributed by atoms with Crippen molar-refractivity contribution in [2.75, 3.05) is 7.05 Å². The second-order valence-electron chi connectivity index (χ2n) is 6.89. The zero-order chi connectivity index (χ0) is 13.7. The quantitative estimate of drug-likeness (QED) is 0.315. The first-order valence-corrected chi connectivity index (χ1v) is 8.28. The largest absolute Gasteiger partial charge is 0.298 e. The van der Waals surface area contributed by atoms with Crippen molar-refractivity contribution in [3.63, 3.8) is 0 Å². The summed E-state index contributed by atoms with van der Waals surface area (Å²) in [5.74, 6) is 3.29. The summed E-state index contributed by atoms with van der Waals surface area (Å²) in [5.41, 5.74) is 2.77. The Hall–Kier alpha value is -0.590. The first-order chi connectivity index (χ1) is 9.19. The van der Waals surface area contributed by atoms with Crippen LogP contribution in [0.15, 0.2) is 17.1 Å². The smallest absolute Gasteiger partial charge is 0.0276 e. The highest BCUT2D eigenvalue weighted by Crippen LogP contribution is 2.52. The van der Waals surface area contributed by atoms with Crippen LogP contribution in [0.25, 0.3) is 0 Å². The summed E-state index contributed by atoms with van der Waals surface area (Å²) in [6.07, 6.45) is 13.8. The minimum atomic E-state index is 1.02. The summed E-state index contributed by atoms with van der Waals surface area (Å²) in [6.45, 7) is 6.40. The van der Waals surface area contributed by atoms with E-state index in [2.05, 4.69) is 18.5 Å². The number of allylic oxidation sites excluding steroid dienone is 1. The van der Waals surface area contributed by atoms with Gasteiger partial charge in [-0.15, -0.1) is 0 Å². The maximum Gasteiger partial charge on any atom is 0.0276 e. The van der Waals surface area contributed by atoms with E-state index < -0.39 is 0 Å². The lowest BCUT2D eigenvalue weighted by Gasteiger charge is -2.21. The van der Waals surface area contributed by atoms with E-state index in [0.29, 0.717) is 0 Å². The lowest BCUT2D eigenvalue weighted by Crippen LogP contribution is -2.08. The third-order valence-electron chi connectivity index (χ3n) is 5.26. The van der Waals surface area contributed by atoms with E-state index in [1.807, 2.05) is 7.05 Å². The van der Waals surface area contributed by atoms with Gasteiger partial charge < -0.3 is 0 Å². The molecule has 0 heterocycles. The molecule has 2 fully saturated rings. The van der Waals surface area contributed by atoms with Gasteiger partial charge in [0.1, 0.15) is 0 Å². The molecule has 3 unspecified atom stereocenters. The zero-order valence-corrected chi connectivity index (χ0v) is 13.0. The fourth-order valence-electron chi connectivity index (χ4n) is 3.61. The highest BCUT2D eigenvalue weighted by Gasteiger charge is 2.41. The number of hydrogen-bond donors (Lipinski definition) is 0. The van der Waals surface area contributed by atoms with Crippen molar-refractivity contribution in [2.24, 2.45) is 22.7 Å². The number of fused-ring (bicyclic) bond motifs is 1. The standard InChI is InChI=1S/C18H31N/c1-14(6-4-5-7-15(2)19-3)8-9-16-10-11-17-13-18(17)12-16/h16-18H,1,4-13H2,2-3H3. The van der Waals surface area contributed by atoms with Gasteiger partial charge in [-0.25, -0.2) is 0 Å². The van der Waals surface area contributed by atoms with E-state index in [-0.39, 0.29) is 0 Å². The number of rotatable bonds is 8. The van der Waals surface area contributed by atoms with Crippen LogP contribution in [0, 0.1) is 17.8 Å². The van der Waals surface area contributed by atoms with Gasteiger partial charge in [-0.3, -0.25) is 4.99 Å². The predicted molar refractivity (Wildman–Crippen MR) is 84.8 cm³/mol. The minimum absolute atomic E-state index is 1.02. The van der Waals surface area contributed by atoms with E-state index in [1.54, 1.807) is 6.42 Å². The molecule has 0 aromatic heterocycles. The molecule has 0 saturated heterocycles. The van der Waals surface area contributed by atoms with Gasteiger partial charge in [-0.05, 0) is 82.5 Å². The van der Waals surface area contributed by atoms with Crippen LogP contribution >= 0.6 is 0 Å². The Morgan fingerprint density at radius 3 is 2.58 bits per heavy atom. The van der Waals surface area contributed by atoms with Crippen molar-refractivity contribution >= 4 is 5.71 Å². The normalized spacial score (nSPS) is 30.0. The van der Waals surface area contributed by atoms with Crippen LogP contribution in [-0.4, -0.2) is 12.8 Å². The maximum atomic E-state index is 4.28. The molecule has 0 aliphatic heterocycles. The molecule has 108 valence electrons. The average Bonchev–Trinajstić information content (AvgIpc) is 3.19. The fourth-order valence-corrected chi connectivity index (χ4v) is 3.61. The monoisotopic (exact) mass is 261 g/mol. The summed E-state index contributed by atoms with van der Waals surface area (Å²) in [7, 11) is 1.89. The van der Waals surface area contributed by atoms with Crippen LogP contribution in [0.4, 0.5) is 0 Å². The van der Waals surface area contributed by atoms with Crippen molar-refractivity contribution in [1.82, 2.24) is 0 Å². The molecule has 0 N–H and O–H groups in total. The number of nitrogens with zero attached hydrogens (tertiary/aromatic N) is 1. The Bertz CT molecular complexity index is 329. The van der Waals surface area contributed by atoms with Gasteiger partial charge in [0.25, 0.3) is 0 Å². The number of aliphatic imine (C=N–C) groups is 1. The molecule has 0 aromatic rings. The van der Waals surface area contributed by atoms with E-state index in [9.17, 15) is 0 Å². The molecule has 3 atom stereocenters. The van der Waals surface area contributed by atoms with Gasteiger partial charge in [0.2, 0.25) is 0 Å². The van der Waals surface area contributed by atoms with Crippen LogP contribution in [0.5, 0.6) is 0 Å². The molecule has 19 heavy (non-hydrogen) atoms. The Labute approximate surface area is 119 Å². The highest BCUT2D eigenvalue weighted by atomic mass is 14.7.